The molecule has 0 bridgehead atoms. The number of piperidine rings is 1. The second kappa shape index (κ2) is 5.63. The summed E-state index contributed by atoms with van der Waals surface area (Å²) < 4.78 is 0. The smallest absolute Gasteiger partial charge is 0.0994 e. The number of nitrogens with zero attached hydrogens (tertiary/aromatic N) is 2. The van der Waals surface area contributed by atoms with E-state index in [0.717, 1.165) is 23.4 Å². The minimum atomic E-state index is 0.383. The van der Waals surface area contributed by atoms with Crippen LogP contribution in [-0.4, -0.2) is 31.6 Å². The standard InChI is InChI=1S/C16H23N3/c1-13-10-15(5-4-14(13)11-17)18-12-16(2)6-8-19(3)9-7-16/h4-5,10,18H,6-9,12H2,1-3H3. The van der Waals surface area contributed by atoms with Crippen LogP contribution in [-0.2, 0) is 0 Å². The van der Waals surface area contributed by atoms with Crippen LogP contribution in [0.5, 0.6) is 0 Å². The second-order valence-corrected chi connectivity index (χ2v) is 6.11. The maximum atomic E-state index is 8.93. The molecule has 0 amide bonds. The fraction of sp³-hybridized carbons (Fsp3) is 0.562. The summed E-state index contributed by atoms with van der Waals surface area (Å²) in [5, 5.41) is 12.5. The predicted octanol–water partition coefficient (Wildman–Crippen LogP) is 3.01. The van der Waals surface area contributed by atoms with Crippen molar-refractivity contribution < 1.29 is 0 Å². The van der Waals surface area contributed by atoms with Crippen LogP contribution in [0.1, 0.15) is 30.9 Å². The van der Waals surface area contributed by atoms with Crippen LogP contribution in [0.25, 0.3) is 0 Å². The largest absolute Gasteiger partial charge is 0.384 e. The zero-order valence-corrected chi connectivity index (χ0v) is 12.2. The van der Waals surface area contributed by atoms with Crippen LogP contribution in [0.4, 0.5) is 5.69 Å². The molecule has 1 saturated heterocycles. The molecule has 0 aliphatic carbocycles. The molecular weight excluding hydrogens is 234 g/mol. The van der Waals surface area contributed by atoms with Crippen molar-refractivity contribution in [3.05, 3.63) is 29.3 Å². The molecule has 0 unspecified atom stereocenters. The van der Waals surface area contributed by atoms with Gasteiger partial charge in [0.1, 0.15) is 0 Å². The lowest BCUT2D eigenvalue weighted by Gasteiger charge is -2.38. The van der Waals surface area contributed by atoms with Crippen molar-refractivity contribution in [1.82, 2.24) is 4.90 Å². The highest BCUT2D eigenvalue weighted by molar-refractivity contribution is 5.51. The van der Waals surface area contributed by atoms with Gasteiger partial charge in [-0.05, 0) is 69.1 Å². The summed E-state index contributed by atoms with van der Waals surface area (Å²) in [7, 11) is 2.19. The van der Waals surface area contributed by atoms with Gasteiger partial charge in [-0.1, -0.05) is 6.92 Å². The third-order valence-corrected chi connectivity index (χ3v) is 4.26. The van der Waals surface area contributed by atoms with Gasteiger partial charge in [0, 0.05) is 12.2 Å². The maximum absolute atomic E-state index is 8.93. The Morgan fingerprint density at radius 3 is 2.63 bits per heavy atom. The molecule has 102 valence electrons. The highest BCUT2D eigenvalue weighted by Crippen LogP contribution is 2.30. The second-order valence-electron chi connectivity index (χ2n) is 6.11. The lowest BCUT2D eigenvalue weighted by Crippen LogP contribution is -2.40. The summed E-state index contributed by atoms with van der Waals surface area (Å²) in [6, 6.07) is 8.17. The van der Waals surface area contributed by atoms with Crippen molar-refractivity contribution in [2.45, 2.75) is 26.7 Å². The molecule has 1 heterocycles. The van der Waals surface area contributed by atoms with Crippen molar-refractivity contribution in [2.24, 2.45) is 5.41 Å². The Morgan fingerprint density at radius 1 is 1.37 bits per heavy atom. The Bertz CT molecular complexity index is 479. The third-order valence-electron chi connectivity index (χ3n) is 4.26. The first-order valence-corrected chi connectivity index (χ1v) is 6.96. The van der Waals surface area contributed by atoms with Crippen LogP contribution in [0, 0.1) is 23.7 Å². The fourth-order valence-electron chi connectivity index (χ4n) is 2.55. The van der Waals surface area contributed by atoms with Crippen LogP contribution >= 0.6 is 0 Å². The number of nitrogens with one attached hydrogen (secondary N) is 1. The molecule has 0 aromatic heterocycles. The van der Waals surface area contributed by atoms with Gasteiger partial charge in [0.15, 0.2) is 0 Å². The van der Waals surface area contributed by atoms with Gasteiger partial charge in [0.25, 0.3) is 0 Å². The minimum absolute atomic E-state index is 0.383. The number of anilines is 1. The van der Waals surface area contributed by atoms with E-state index in [2.05, 4.69) is 36.3 Å². The Hall–Kier alpha value is -1.53. The van der Waals surface area contributed by atoms with Gasteiger partial charge in [0.05, 0.1) is 11.6 Å². The van der Waals surface area contributed by atoms with Gasteiger partial charge in [0.2, 0.25) is 0 Å². The number of rotatable bonds is 3. The summed E-state index contributed by atoms with van der Waals surface area (Å²) in [4.78, 5) is 2.40. The van der Waals surface area contributed by atoms with E-state index < -0.39 is 0 Å². The first-order valence-electron chi connectivity index (χ1n) is 6.96. The number of hydrogen-bond acceptors (Lipinski definition) is 3. The SMILES string of the molecule is Cc1cc(NCC2(C)CCN(C)CC2)ccc1C#N. The van der Waals surface area contributed by atoms with Gasteiger partial charge >= 0.3 is 0 Å². The lowest BCUT2D eigenvalue weighted by atomic mass is 9.80. The summed E-state index contributed by atoms with van der Waals surface area (Å²) >= 11 is 0. The Kier molecular flexibility index (Phi) is 4.11. The predicted molar refractivity (Wildman–Crippen MR) is 79.2 cm³/mol. The first-order chi connectivity index (χ1) is 9.02. The molecule has 2 rings (SSSR count). The van der Waals surface area contributed by atoms with Crippen LogP contribution in [0.3, 0.4) is 0 Å². The quantitative estimate of drug-likeness (QED) is 0.904. The van der Waals surface area contributed by atoms with Crippen LogP contribution in [0.15, 0.2) is 18.2 Å². The van der Waals surface area contributed by atoms with E-state index >= 15 is 0 Å². The van der Waals surface area contributed by atoms with E-state index in [-0.39, 0.29) is 0 Å². The minimum Gasteiger partial charge on any atom is -0.384 e. The first kappa shape index (κ1) is 13.9. The van der Waals surface area contributed by atoms with Gasteiger partial charge in [-0.2, -0.15) is 5.26 Å². The molecule has 1 aliphatic heterocycles. The van der Waals surface area contributed by atoms with Crippen LogP contribution < -0.4 is 5.32 Å². The number of likely N-dealkylation sites (tertiary alicyclic amines) is 1. The molecule has 19 heavy (non-hydrogen) atoms. The molecule has 1 aliphatic rings. The number of nitriles is 1. The molecule has 1 aromatic rings. The van der Waals surface area contributed by atoms with Gasteiger partial charge < -0.3 is 10.2 Å². The molecule has 0 radical (unpaired) electrons. The molecule has 1 N–H and O–H groups in total. The van der Waals surface area contributed by atoms with Crippen molar-refractivity contribution in [1.29, 1.82) is 5.26 Å². The van der Waals surface area contributed by atoms with Crippen molar-refractivity contribution in [2.75, 3.05) is 32.0 Å². The zero-order valence-electron chi connectivity index (χ0n) is 12.2. The van der Waals surface area contributed by atoms with Gasteiger partial charge in [-0.15, -0.1) is 0 Å². The van der Waals surface area contributed by atoms with Gasteiger partial charge in [-0.25, -0.2) is 0 Å². The lowest BCUT2D eigenvalue weighted by molar-refractivity contribution is 0.150. The third kappa shape index (κ3) is 3.48. The van der Waals surface area contributed by atoms with Crippen LogP contribution in [0.2, 0.25) is 0 Å². The molecule has 3 nitrogen and oxygen atoms in total. The van der Waals surface area contributed by atoms with Crippen molar-refractivity contribution >= 4 is 5.69 Å². The monoisotopic (exact) mass is 257 g/mol. The van der Waals surface area contributed by atoms with E-state index in [0.29, 0.717) is 5.41 Å². The van der Waals surface area contributed by atoms with Crippen molar-refractivity contribution in [3.8, 4) is 6.07 Å². The highest BCUT2D eigenvalue weighted by Gasteiger charge is 2.28. The van der Waals surface area contributed by atoms with E-state index in [9.17, 15) is 0 Å². The number of aryl methyl sites for hydroxylation is 1. The topological polar surface area (TPSA) is 39.1 Å². The summed E-state index contributed by atoms with van der Waals surface area (Å²) in [5.74, 6) is 0. The molecular formula is C16H23N3. The molecule has 0 saturated carbocycles. The van der Waals surface area contributed by atoms with E-state index in [1.165, 1.54) is 25.9 Å². The normalized spacial score (nSPS) is 18.8. The molecule has 0 spiro atoms. The van der Waals surface area contributed by atoms with Crippen molar-refractivity contribution in [3.63, 3.8) is 0 Å². The zero-order chi connectivity index (χ0) is 13.9. The maximum Gasteiger partial charge on any atom is 0.0994 e. The summed E-state index contributed by atoms with van der Waals surface area (Å²) in [5.41, 5.74) is 3.31. The molecule has 3 heteroatoms. The fourth-order valence-corrected chi connectivity index (χ4v) is 2.55. The average molecular weight is 257 g/mol. The highest BCUT2D eigenvalue weighted by atomic mass is 15.1. The van der Waals surface area contributed by atoms with Gasteiger partial charge in [-0.3, -0.25) is 0 Å². The average Bonchev–Trinajstić information content (AvgIpc) is 2.41. The molecule has 1 aromatic carbocycles. The van der Waals surface area contributed by atoms with E-state index in [4.69, 9.17) is 5.26 Å². The molecule has 0 atom stereocenters. The Labute approximate surface area is 116 Å². The van der Waals surface area contributed by atoms with E-state index in [1.54, 1.807) is 0 Å². The molecule has 1 fully saturated rings. The summed E-state index contributed by atoms with van der Waals surface area (Å²) in [6.45, 7) is 7.73. The Morgan fingerprint density at radius 2 is 2.05 bits per heavy atom. The Balaban J connectivity index is 1.95. The van der Waals surface area contributed by atoms with E-state index in [1.807, 2.05) is 19.1 Å². The number of hydrogen-bond donors (Lipinski definition) is 1. The summed E-state index contributed by atoms with van der Waals surface area (Å²) in [6.07, 6.45) is 2.48. The number of benzene rings is 1.